The van der Waals surface area contributed by atoms with Crippen LogP contribution in [0.5, 0.6) is 0 Å². The maximum absolute atomic E-state index is 12.5. The Morgan fingerprint density at radius 3 is 2.44 bits per heavy atom. The molecule has 6 nitrogen and oxygen atoms in total. The monoisotopic (exact) mass is 336 g/mol. The van der Waals surface area contributed by atoms with Gasteiger partial charge in [-0.05, 0) is 30.7 Å². The molecule has 1 unspecified atom stereocenters. The third-order valence-electron chi connectivity index (χ3n) is 4.09. The number of carbonyl (C=O) groups is 2. The Morgan fingerprint density at radius 2 is 1.76 bits per heavy atom. The average Bonchev–Trinajstić information content (AvgIpc) is 3.07. The summed E-state index contributed by atoms with van der Waals surface area (Å²) in [4.78, 5) is 28.9. The van der Waals surface area contributed by atoms with Crippen LogP contribution in [0.1, 0.15) is 30.8 Å². The molecule has 3 rings (SSSR count). The summed E-state index contributed by atoms with van der Waals surface area (Å²) in [5.74, 6) is -0.493. The van der Waals surface area contributed by atoms with E-state index in [2.05, 4.69) is 15.6 Å². The predicted molar refractivity (Wildman–Crippen MR) is 97.7 cm³/mol. The van der Waals surface area contributed by atoms with Gasteiger partial charge in [0.1, 0.15) is 11.3 Å². The van der Waals surface area contributed by atoms with E-state index in [9.17, 15) is 9.59 Å². The van der Waals surface area contributed by atoms with Crippen LogP contribution < -0.4 is 10.6 Å². The fourth-order valence-corrected chi connectivity index (χ4v) is 2.37. The molecule has 0 fully saturated rings. The van der Waals surface area contributed by atoms with Gasteiger partial charge in [-0.25, -0.2) is 4.98 Å². The van der Waals surface area contributed by atoms with E-state index in [1.54, 1.807) is 28.8 Å². The molecular formula is C19H20N4O2. The highest BCUT2D eigenvalue weighted by atomic mass is 16.2. The molecule has 0 radical (unpaired) electrons. The molecule has 0 saturated carbocycles. The lowest BCUT2D eigenvalue weighted by Crippen LogP contribution is -2.21. The second-order valence-electron chi connectivity index (χ2n) is 5.89. The Labute approximate surface area is 145 Å². The second-order valence-corrected chi connectivity index (χ2v) is 5.89. The summed E-state index contributed by atoms with van der Waals surface area (Å²) in [6, 6.07) is 12.7. The lowest BCUT2D eigenvalue weighted by molar-refractivity contribution is -0.119. The van der Waals surface area contributed by atoms with Crippen LogP contribution in [-0.2, 0) is 4.79 Å². The van der Waals surface area contributed by atoms with Gasteiger partial charge < -0.3 is 15.0 Å². The summed E-state index contributed by atoms with van der Waals surface area (Å²) in [5, 5.41) is 5.69. The molecule has 2 N–H and O–H groups in total. The molecule has 0 aliphatic carbocycles. The highest BCUT2D eigenvalue weighted by Crippen LogP contribution is 2.22. The molecular weight excluding hydrogens is 316 g/mol. The van der Waals surface area contributed by atoms with Crippen LogP contribution in [0, 0.1) is 5.92 Å². The Hall–Kier alpha value is -3.15. The van der Waals surface area contributed by atoms with Crippen LogP contribution in [0.25, 0.3) is 5.65 Å². The minimum absolute atomic E-state index is 0.0723. The van der Waals surface area contributed by atoms with Gasteiger partial charge in [-0.15, -0.1) is 0 Å². The number of para-hydroxylation sites is 2. The van der Waals surface area contributed by atoms with Crippen LogP contribution in [-0.4, -0.2) is 21.2 Å². The molecule has 2 heterocycles. The SMILES string of the molecule is CCC(C)C(=O)Nc1ccccc1NC(=O)c1cn2ccccc2n1. The first kappa shape index (κ1) is 16.7. The van der Waals surface area contributed by atoms with Crippen molar-refractivity contribution in [3.05, 3.63) is 60.6 Å². The van der Waals surface area contributed by atoms with Crippen molar-refractivity contribution in [1.29, 1.82) is 0 Å². The van der Waals surface area contributed by atoms with Crippen molar-refractivity contribution >= 4 is 28.8 Å². The summed E-state index contributed by atoms with van der Waals surface area (Å²) in [5.41, 5.74) is 2.13. The average molecular weight is 336 g/mol. The van der Waals surface area contributed by atoms with Gasteiger partial charge in [0.2, 0.25) is 5.91 Å². The third kappa shape index (κ3) is 3.68. The van der Waals surface area contributed by atoms with Gasteiger partial charge >= 0.3 is 0 Å². The van der Waals surface area contributed by atoms with Crippen molar-refractivity contribution in [2.24, 2.45) is 5.92 Å². The standard InChI is InChI=1S/C19H20N4O2/c1-3-13(2)18(24)21-14-8-4-5-9-15(14)22-19(25)16-12-23-11-7-6-10-17(23)20-16/h4-13H,3H2,1-2H3,(H,21,24)(H,22,25). The molecule has 0 spiro atoms. The molecule has 0 aliphatic rings. The van der Waals surface area contributed by atoms with Crippen molar-refractivity contribution in [2.75, 3.05) is 10.6 Å². The van der Waals surface area contributed by atoms with E-state index in [0.717, 1.165) is 6.42 Å². The molecule has 25 heavy (non-hydrogen) atoms. The topological polar surface area (TPSA) is 75.5 Å². The number of anilines is 2. The van der Waals surface area contributed by atoms with E-state index in [1.165, 1.54) is 0 Å². The summed E-state index contributed by atoms with van der Waals surface area (Å²) >= 11 is 0. The van der Waals surface area contributed by atoms with Gasteiger partial charge in [-0.1, -0.05) is 32.0 Å². The van der Waals surface area contributed by atoms with Gasteiger partial charge in [0.15, 0.2) is 0 Å². The maximum Gasteiger partial charge on any atom is 0.275 e. The smallest absolute Gasteiger partial charge is 0.275 e. The van der Waals surface area contributed by atoms with Crippen molar-refractivity contribution in [1.82, 2.24) is 9.38 Å². The van der Waals surface area contributed by atoms with Gasteiger partial charge in [0.25, 0.3) is 5.91 Å². The molecule has 1 aromatic carbocycles. The van der Waals surface area contributed by atoms with Gasteiger partial charge in [0, 0.05) is 18.3 Å². The summed E-state index contributed by atoms with van der Waals surface area (Å²) in [6.45, 7) is 3.83. The van der Waals surface area contributed by atoms with E-state index in [4.69, 9.17) is 0 Å². The molecule has 1 atom stereocenters. The lowest BCUT2D eigenvalue weighted by atomic mass is 10.1. The quantitative estimate of drug-likeness (QED) is 0.748. The highest BCUT2D eigenvalue weighted by Gasteiger charge is 2.15. The largest absolute Gasteiger partial charge is 0.324 e. The number of hydrogen-bond donors (Lipinski definition) is 2. The van der Waals surface area contributed by atoms with Crippen molar-refractivity contribution in [3.8, 4) is 0 Å². The van der Waals surface area contributed by atoms with Gasteiger partial charge in [-0.3, -0.25) is 9.59 Å². The predicted octanol–water partition coefficient (Wildman–Crippen LogP) is 3.57. The fourth-order valence-electron chi connectivity index (χ4n) is 2.37. The van der Waals surface area contributed by atoms with E-state index >= 15 is 0 Å². The first-order valence-electron chi connectivity index (χ1n) is 8.23. The van der Waals surface area contributed by atoms with Crippen LogP contribution in [0.3, 0.4) is 0 Å². The number of carbonyl (C=O) groups excluding carboxylic acids is 2. The molecule has 128 valence electrons. The third-order valence-corrected chi connectivity index (χ3v) is 4.09. The van der Waals surface area contributed by atoms with Crippen LogP contribution in [0.4, 0.5) is 11.4 Å². The number of rotatable bonds is 5. The molecule has 0 saturated heterocycles. The first-order chi connectivity index (χ1) is 12.1. The Morgan fingerprint density at radius 1 is 1.08 bits per heavy atom. The zero-order valence-electron chi connectivity index (χ0n) is 14.2. The normalized spacial score (nSPS) is 11.9. The minimum atomic E-state index is -0.325. The number of pyridine rings is 1. The van der Waals surface area contributed by atoms with Crippen LogP contribution in [0.2, 0.25) is 0 Å². The van der Waals surface area contributed by atoms with E-state index in [0.29, 0.717) is 22.7 Å². The second kappa shape index (κ2) is 7.17. The Balaban J connectivity index is 1.80. The van der Waals surface area contributed by atoms with E-state index < -0.39 is 0 Å². The molecule has 0 bridgehead atoms. The van der Waals surface area contributed by atoms with Crippen molar-refractivity contribution < 1.29 is 9.59 Å². The number of nitrogens with zero attached hydrogens (tertiary/aromatic N) is 2. The molecule has 6 heteroatoms. The maximum atomic E-state index is 12.5. The fraction of sp³-hybridized carbons (Fsp3) is 0.211. The number of fused-ring (bicyclic) bond motifs is 1. The molecule has 3 aromatic rings. The number of benzene rings is 1. The summed E-state index contributed by atoms with van der Waals surface area (Å²) in [7, 11) is 0. The number of aromatic nitrogens is 2. The summed E-state index contributed by atoms with van der Waals surface area (Å²) < 4.78 is 1.78. The Bertz CT molecular complexity index is 883. The van der Waals surface area contributed by atoms with E-state index in [1.807, 2.05) is 44.3 Å². The molecule has 2 amide bonds. The number of hydrogen-bond acceptors (Lipinski definition) is 3. The lowest BCUT2D eigenvalue weighted by Gasteiger charge is -2.14. The minimum Gasteiger partial charge on any atom is -0.324 e. The van der Waals surface area contributed by atoms with Crippen molar-refractivity contribution in [2.45, 2.75) is 20.3 Å². The Kier molecular flexibility index (Phi) is 4.79. The highest BCUT2D eigenvalue weighted by molar-refractivity contribution is 6.06. The summed E-state index contributed by atoms with van der Waals surface area (Å²) in [6.07, 6.45) is 4.26. The zero-order chi connectivity index (χ0) is 17.8. The van der Waals surface area contributed by atoms with Gasteiger partial charge in [-0.2, -0.15) is 0 Å². The van der Waals surface area contributed by atoms with Gasteiger partial charge in [0.05, 0.1) is 11.4 Å². The van der Waals surface area contributed by atoms with Crippen molar-refractivity contribution in [3.63, 3.8) is 0 Å². The molecule has 2 aromatic heterocycles. The van der Waals surface area contributed by atoms with E-state index in [-0.39, 0.29) is 17.7 Å². The first-order valence-corrected chi connectivity index (χ1v) is 8.23. The van der Waals surface area contributed by atoms with Crippen LogP contribution >= 0.6 is 0 Å². The van der Waals surface area contributed by atoms with Crippen LogP contribution in [0.15, 0.2) is 54.9 Å². The number of nitrogens with one attached hydrogen (secondary N) is 2. The number of amides is 2. The zero-order valence-corrected chi connectivity index (χ0v) is 14.2. The molecule has 0 aliphatic heterocycles. The number of imidazole rings is 1.